The number of aromatic nitrogens is 3. The van der Waals surface area contributed by atoms with Crippen molar-refractivity contribution in [3.8, 4) is 5.75 Å². The summed E-state index contributed by atoms with van der Waals surface area (Å²) in [6.45, 7) is 2.61. The van der Waals surface area contributed by atoms with Gasteiger partial charge in [-0.05, 0) is 48.9 Å². The summed E-state index contributed by atoms with van der Waals surface area (Å²) >= 11 is 3.50. The Morgan fingerprint density at radius 1 is 0.931 bits per heavy atom. The molecule has 4 aromatic rings. The van der Waals surface area contributed by atoms with Crippen LogP contribution in [0.2, 0.25) is 0 Å². The molecular formula is C23H22BrN3O2. The lowest BCUT2D eigenvalue weighted by Gasteiger charge is -2.25. The van der Waals surface area contributed by atoms with Crippen LogP contribution in [-0.2, 0) is 4.74 Å². The normalized spacial score (nSPS) is 13.3. The summed E-state index contributed by atoms with van der Waals surface area (Å²) in [5.41, 5.74) is 2.87. The lowest BCUT2D eigenvalue weighted by atomic mass is 10.1. The molecule has 2 unspecified atom stereocenters. The van der Waals surface area contributed by atoms with Gasteiger partial charge in [0.2, 0.25) is 0 Å². The highest BCUT2D eigenvalue weighted by molar-refractivity contribution is 9.10. The van der Waals surface area contributed by atoms with Gasteiger partial charge in [-0.15, -0.1) is 5.10 Å². The van der Waals surface area contributed by atoms with Gasteiger partial charge in [-0.1, -0.05) is 63.6 Å². The van der Waals surface area contributed by atoms with E-state index in [1.165, 1.54) is 0 Å². The standard InChI is InChI=1S/C23H22BrN3O2/c1-2-28-22(17-12-14-18(24)15-13-17)16-23(29-19-8-4-3-5-9-19)27-21-11-7-6-10-20(21)25-26-27/h3-15,22-23H,2,16H2,1H3. The molecule has 6 heteroatoms. The maximum Gasteiger partial charge on any atom is 0.196 e. The van der Waals surface area contributed by atoms with Gasteiger partial charge in [-0.3, -0.25) is 0 Å². The monoisotopic (exact) mass is 451 g/mol. The van der Waals surface area contributed by atoms with E-state index in [9.17, 15) is 0 Å². The second kappa shape index (κ2) is 9.20. The Balaban J connectivity index is 1.69. The molecule has 1 heterocycles. The number of rotatable bonds is 8. The van der Waals surface area contributed by atoms with Gasteiger partial charge >= 0.3 is 0 Å². The zero-order valence-electron chi connectivity index (χ0n) is 16.1. The molecule has 0 bridgehead atoms. The molecule has 5 nitrogen and oxygen atoms in total. The lowest BCUT2D eigenvalue weighted by molar-refractivity contribution is 0.00136. The Hall–Kier alpha value is -2.70. The van der Waals surface area contributed by atoms with E-state index in [1.807, 2.05) is 78.3 Å². The summed E-state index contributed by atoms with van der Waals surface area (Å²) in [5, 5.41) is 8.70. The average Bonchev–Trinajstić information content (AvgIpc) is 3.18. The van der Waals surface area contributed by atoms with Gasteiger partial charge < -0.3 is 9.47 Å². The van der Waals surface area contributed by atoms with Crippen LogP contribution in [0, 0.1) is 0 Å². The molecule has 0 aliphatic rings. The van der Waals surface area contributed by atoms with Crippen LogP contribution < -0.4 is 4.74 Å². The van der Waals surface area contributed by atoms with Crippen LogP contribution in [0.5, 0.6) is 5.75 Å². The molecular weight excluding hydrogens is 430 g/mol. The van der Waals surface area contributed by atoms with Crippen molar-refractivity contribution in [3.05, 3.63) is 88.9 Å². The fraction of sp³-hybridized carbons (Fsp3) is 0.217. The molecule has 0 spiro atoms. The Kier molecular flexibility index (Phi) is 6.22. The molecule has 29 heavy (non-hydrogen) atoms. The zero-order chi connectivity index (χ0) is 20.1. The van der Waals surface area contributed by atoms with Crippen LogP contribution in [0.15, 0.2) is 83.3 Å². The molecule has 0 aliphatic heterocycles. The summed E-state index contributed by atoms with van der Waals surface area (Å²) in [6.07, 6.45) is 0.0901. The van der Waals surface area contributed by atoms with Crippen molar-refractivity contribution in [1.29, 1.82) is 0 Å². The first kappa shape index (κ1) is 19.6. The molecule has 0 aliphatic carbocycles. The fourth-order valence-electron chi connectivity index (χ4n) is 3.32. The van der Waals surface area contributed by atoms with Gasteiger partial charge in [0.15, 0.2) is 6.23 Å². The van der Waals surface area contributed by atoms with Gasteiger partial charge in [0.1, 0.15) is 11.3 Å². The van der Waals surface area contributed by atoms with Crippen molar-refractivity contribution < 1.29 is 9.47 Å². The van der Waals surface area contributed by atoms with E-state index in [0.717, 1.165) is 26.8 Å². The van der Waals surface area contributed by atoms with E-state index < -0.39 is 0 Å². The van der Waals surface area contributed by atoms with Gasteiger partial charge in [0.05, 0.1) is 11.6 Å². The lowest BCUT2D eigenvalue weighted by Crippen LogP contribution is -2.21. The average molecular weight is 452 g/mol. The highest BCUT2D eigenvalue weighted by Gasteiger charge is 2.24. The van der Waals surface area contributed by atoms with Gasteiger partial charge in [-0.25, -0.2) is 4.68 Å². The third kappa shape index (κ3) is 4.66. The smallest absolute Gasteiger partial charge is 0.196 e. The van der Waals surface area contributed by atoms with Crippen molar-refractivity contribution in [1.82, 2.24) is 15.0 Å². The van der Waals surface area contributed by atoms with E-state index >= 15 is 0 Å². The number of ether oxygens (including phenoxy) is 2. The fourth-order valence-corrected chi connectivity index (χ4v) is 3.58. The van der Waals surface area contributed by atoms with Crippen molar-refractivity contribution >= 4 is 27.0 Å². The topological polar surface area (TPSA) is 49.2 Å². The zero-order valence-corrected chi connectivity index (χ0v) is 17.7. The summed E-state index contributed by atoms with van der Waals surface area (Å²) in [5.74, 6) is 0.781. The number of halogens is 1. The van der Waals surface area contributed by atoms with Crippen LogP contribution in [-0.4, -0.2) is 21.6 Å². The van der Waals surface area contributed by atoms with Crippen LogP contribution in [0.1, 0.15) is 31.2 Å². The van der Waals surface area contributed by atoms with E-state index in [4.69, 9.17) is 9.47 Å². The number of hydrogen-bond donors (Lipinski definition) is 0. The first-order valence-electron chi connectivity index (χ1n) is 9.63. The Morgan fingerprint density at radius 2 is 1.66 bits per heavy atom. The largest absolute Gasteiger partial charge is 0.468 e. The molecule has 1 aromatic heterocycles. The number of hydrogen-bond acceptors (Lipinski definition) is 4. The second-order valence-electron chi connectivity index (χ2n) is 6.64. The van der Waals surface area contributed by atoms with Crippen molar-refractivity contribution in [2.24, 2.45) is 0 Å². The first-order chi connectivity index (χ1) is 14.2. The molecule has 0 saturated carbocycles. The van der Waals surface area contributed by atoms with Crippen molar-refractivity contribution in [2.45, 2.75) is 25.7 Å². The quantitative estimate of drug-likeness (QED) is 0.332. The number of fused-ring (bicyclic) bond motifs is 1. The molecule has 148 valence electrons. The summed E-state index contributed by atoms with van der Waals surface area (Å²) in [4.78, 5) is 0. The summed E-state index contributed by atoms with van der Waals surface area (Å²) in [7, 11) is 0. The minimum Gasteiger partial charge on any atom is -0.468 e. The highest BCUT2D eigenvalue weighted by Crippen LogP contribution is 2.31. The van der Waals surface area contributed by atoms with Crippen LogP contribution >= 0.6 is 15.9 Å². The predicted molar refractivity (Wildman–Crippen MR) is 117 cm³/mol. The van der Waals surface area contributed by atoms with Crippen LogP contribution in [0.3, 0.4) is 0 Å². The van der Waals surface area contributed by atoms with Crippen LogP contribution in [0.25, 0.3) is 11.0 Å². The van der Waals surface area contributed by atoms with Crippen LogP contribution in [0.4, 0.5) is 0 Å². The molecule has 0 amide bonds. The Labute approximate surface area is 178 Å². The molecule has 4 rings (SSSR count). The van der Waals surface area contributed by atoms with Crippen molar-refractivity contribution in [2.75, 3.05) is 6.61 Å². The van der Waals surface area contributed by atoms with E-state index in [0.29, 0.717) is 13.0 Å². The molecule has 0 radical (unpaired) electrons. The molecule has 0 N–H and O–H groups in total. The molecule has 2 atom stereocenters. The van der Waals surface area contributed by atoms with Gasteiger partial charge in [0, 0.05) is 17.5 Å². The third-order valence-corrected chi connectivity index (χ3v) is 5.22. The summed E-state index contributed by atoms with van der Waals surface area (Å²) in [6, 6.07) is 25.9. The maximum atomic E-state index is 6.36. The third-order valence-electron chi connectivity index (χ3n) is 4.69. The van der Waals surface area contributed by atoms with Crippen molar-refractivity contribution in [3.63, 3.8) is 0 Å². The first-order valence-corrected chi connectivity index (χ1v) is 10.4. The van der Waals surface area contributed by atoms with E-state index in [2.05, 4.69) is 38.4 Å². The SMILES string of the molecule is CCOC(CC(Oc1ccccc1)n1nnc2ccccc21)c1ccc(Br)cc1. The highest BCUT2D eigenvalue weighted by atomic mass is 79.9. The minimum absolute atomic E-state index is 0.134. The summed E-state index contributed by atoms with van der Waals surface area (Å²) < 4.78 is 15.3. The van der Waals surface area contributed by atoms with Gasteiger partial charge in [-0.2, -0.15) is 0 Å². The Bertz CT molecular complexity index is 1050. The van der Waals surface area contributed by atoms with E-state index in [1.54, 1.807) is 0 Å². The van der Waals surface area contributed by atoms with E-state index in [-0.39, 0.29) is 12.3 Å². The number of para-hydroxylation sites is 2. The molecule has 0 saturated heterocycles. The number of benzene rings is 3. The second-order valence-corrected chi connectivity index (χ2v) is 7.56. The molecule has 0 fully saturated rings. The predicted octanol–water partition coefficient (Wildman–Crippen LogP) is 5.94. The Morgan fingerprint density at radius 3 is 2.41 bits per heavy atom. The molecule has 3 aromatic carbocycles. The minimum atomic E-state index is -0.370. The number of nitrogens with zero attached hydrogens (tertiary/aromatic N) is 3. The van der Waals surface area contributed by atoms with Gasteiger partial charge in [0.25, 0.3) is 0 Å². The maximum absolute atomic E-state index is 6.36.